The first-order valence-electron chi connectivity index (χ1n) is 3.56. The molecule has 0 unspecified atom stereocenters. The first-order valence-corrected chi connectivity index (χ1v) is 4.54. The third-order valence-electron chi connectivity index (χ3n) is 0.850. The summed E-state index contributed by atoms with van der Waals surface area (Å²) in [7, 11) is 0. The Balaban J connectivity index is 0. The highest BCUT2D eigenvalue weighted by Gasteiger charge is 2.10. The summed E-state index contributed by atoms with van der Waals surface area (Å²) in [5, 5.41) is 0. The molecule has 0 aliphatic heterocycles. The van der Waals surface area contributed by atoms with Crippen LogP contribution < -0.4 is 6.15 Å². The standard InChI is InChI=1S/C8H18S.H3N/c1-7(2)6-9-8(3,4)5;/h7H,6H2,1-5H3;1H3. The lowest BCUT2D eigenvalue weighted by Crippen LogP contribution is -2.10. The average Bonchev–Trinajstić information content (AvgIpc) is 1.59. The molecule has 0 aromatic rings. The SMILES string of the molecule is CC(C)CSC(C)(C)C.N. The molecule has 0 heterocycles. The van der Waals surface area contributed by atoms with E-state index >= 15 is 0 Å². The second kappa shape index (κ2) is 5.03. The molecule has 1 nitrogen and oxygen atoms in total. The van der Waals surface area contributed by atoms with Gasteiger partial charge in [-0.2, -0.15) is 11.8 Å². The van der Waals surface area contributed by atoms with Gasteiger partial charge >= 0.3 is 0 Å². The van der Waals surface area contributed by atoms with Crippen molar-refractivity contribution in [1.29, 1.82) is 0 Å². The Labute approximate surface area is 69.6 Å². The summed E-state index contributed by atoms with van der Waals surface area (Å²) in [6.07, 6.45) is 0. The van der Waals surface area contributed by atoms with Gasteiger partial charge in [0.2, 0.25) is 0 Å². The quantitative estimate of drug-likeness (QED) is 0.677. The number of rotatable bonds is 2. The second-order valence-corrected chi connectivity index (χ2v) is 5.66. The molecule has 10 heavy (non-hydrogen) atoms. The monoisotopic (exact) mass is 163 g/mol. The van der Waals surface area contributed by atoms with Crippen LogP contribution in [-0.2, 0) is 0 Å². The zero-order chi connectivity index (χ0) is 7.49. The van der Waals surface area contributed by atoms with Crippen LogP contribution in [0.1, 0.15) is 34.6 Å². The normalized spacial score (nSPS) is 11.4. The molecular formula is C8H21NS. The summed E-state index contributed by atoms with van der Waals surface area (Å²) in [6, 6.07) is 0. The first kappa shape index (κ1) is 12.9. The Kier molecular flexibility index (Phi) is 6.50. The van der Waals surface area contributed by atoms with Crippen LogP contribution >= 0.6 is 11.8 Å². The fraction of sp³-hybridized carbons (Fsp3) is 1.00. The van der Waals surface area contributed by atoms with Crippen LogP contribution in [0.15, 0.2) is 0 Å². The predicted octanol–water partition coefficient (Wildman–Crippen LogP) is 3.34. The smallest absolute Gasteiger partial charge is 0.00751 e. The van der Waals surface area contributed by atoms with E-state index in [2.05, 4.69) is 34.6 Å². The third-order valence-corrected chi connectivity index (χ3v) is 2.55. The van der Waals surface area contributed by atoms with Gasteiger partial charge in [0.05, 0.1) is 0 Å². The minimum Gasteiger partial charge on any atom is -0.344 e. The number of hydrogen-bond donors (Lipinski definition) is 1. The van der Waals surface area contributed by atoms with E-state index < -0.39 is 0 Å². The Morgan fingerprint density at radius 1 is 1.20 bits per heavy atom. The van der Waals surface area contributed by atoms with Crippen LogP contribution in [0.2, 0.25) is 0 Å². The van der Waals surface area contributed by atoms with Crippen molar-refractivity contribution < 1.29 is 0 Å². The van der Waals surface area contributed by atoms with Crippen molar-refractivity contribution in [3.05, 3.63) is 0 Å². The molecule has 0 spiro atoms. The number of thioether (sulfide) groups is 1. The fourth-order valence-electron chi connectivity index (χ4n) is 0.417. The Bertz CT molecular complexity index is 73.8. The molecular weight excluding hydrogens is 142 g/mol. The van der Waals surface area contributed by atoms with Gasteiger partial charge in [0.25, 0.3) is 0 Å². The first-order chi connectivity index (χ1) is 3.92. The molecule has 3 N–H and O–H groups in total. The maximum absolute atomic E-state index is 2.26. The van der Waals surface area contributed by atoms with Gasteiger partial charge in [0.15, 0.2) is 0 Å². The van der Waals surface area contributed by atoms with Crippen LogP contribution in [-0.4, -0.2) is 10.5 Å². The summed E-state index contributed by atoms with van der Waals surface area (Å²) in [6.45, 7) is 11.3. The summed E-state index contributed by atoms with van der Waals surface area (Å²) < 4.78 is 0.449. The van der Waals surface area contributed by atoms with Gasteiger partial charge in [-0.1, -0.05) is 34.6 Å². The van der Waals surface area contributed by atoms with Crippen molar-refractivity contribution in [3.63, 3.8) is 0 Å². The molecule has 0 aliphatic carbocycles. The molecule has 0 aromatic carbocycles. The average molecular weight is 163 g/mol. The van der Waals surface area contributed by atoms with Crippen LogP contribution in [0.25, 0.3) is 0 Å². The Morgan fingerprint density at radius 3 is 1.70 bits per heavy atom. The molecule has 0 fully saturated rings. The van der Waals surface area contributed by atoms with Crippen molar-refractivity contribution in [2.75, 3.05) is 5.75 Å². The molecule has 0 atom stereocenters. The van der Waals surface area contributed by atoms with E-state index in [0.717, 1.165) is 5.92 Å². The molecule has 0 saturated heterocycles. The maximum Gasteiger partial charge on any atom is 0.00751 e. The van der Waals surface area contributed by atoms with Gasteiger partial charge in [-0.3, -0.25) is 0 Å². The molecule has 0 saturated carbocycles. The van der Waals surface area contributed by atoms with E-state index in [1.165, 1.54) is 5.75 Å². The van der Waals surface area contributed by atoms with Crippen molar-refractivity contribution in [1.82, 2.24) is 6.15 Å². The van der Waals surface area contributed by atoms with Crippen LogP contribution in [0.3, 0.4) is 0 Å². The van der Waals surface area contributed by atoms with Crippen LogP contribution in [0.5, 0.6) is 0 Å². The van der Waals surface area contributed by atoms with E-state index in [0.29, 0.717) is 4.75 Å². The van der Waals surface area contributed by atoms with E-state index in [9.17, 15) is 0 Å². The zero-order valence-corrected chi connectivity index (χ0v) is 8.72. The highest BCUT2D eigenvalue weighted by molar-refractivity contribution is 8.00. The third kappa shape index (κ3) is 11.2. The minimum absolute atomic E-state index is 0. The second-order valence-electron chi connectivity index (χ2n) is 3.82. The van der Waals surface area contributed by atoms with Crippen molar-refractivity contribution in [2.24, 2.45) is 5.92 Å². The lowest BCUT2D eigenvalue weighted by atomic mass is 10.2. The predicted molar refractivity (Wildman–Crippen MR) is 52.1 cm³/mol. The van der Waals surface area contributed by atoms with Gasteiger partial charge in [-0.25, -0.2) is 0 Å². The molecule has 0 aliphatic rings. The largest absolute Gasteiger partial charge is 0.344 e. The molecule has 2 heteroatoms. The van der Waals surface area contributed by atoms with Crippen molar-refractivity contribution >= 4 is 11.8 Å². The summed E-state index contributed by atoms with van der Waals surface area (Å²) >= 11 is 2.04. The summed E-state index contributed by atoms with van der Waals surface area (Å²) in [5.74, 6) is 2.11. The summed E-state index contributed by atoms with van der Waals surface area (Å²) in [5.41, 5.74) is 0. The molecule has 0 radical (unpaired) electrons. The molecule has 0 bridgehead atoms. The zero-order valence-electron chi connectivity index (χ0n) is 7.90. The van der Waals surface area contributed by atoms with Gasteiger partial charge in [-0.15, -0.1) is 0 Å². The van der Waals surface area contributed by atoms with E-state index in [1.54, 1.807) is 0 Å². The van der Waals surface area contributed by atoms with Crippen molar-refractivity contribution in [3.8, 4) is 0 Å². The lowest BCUT2D eigenvalue weighted by molar-refractivity contribution is 0.732. The summed E-state index contributed by atoms with van der Waals surface area (Å²) in [4.78, 5) is 0. The molecule has 0 rings (SSSR count). The highest BCUT2D eigenvalue weighted by Crippen LogP contribution is 2.24. The molecule has 0 aromatic heterocycles. The maximum atomic E-state index is 2.26. The number of hydrogen-bond acceptors (Lipinski definition) is 2. The van der Waals surface area contributed by atoms with Crippen LogP contribution in [0, 0.1) is 5.92 Å². The van der Waals surface area contributed by atoms with Gasteiger partial charge in [0, 0.05) is 4.75 Å². The minimum atomic E-state index is 0. The molecule has 0 amide bonds. The lowest BCUT2D eigenvalue weighted by Gasteiger charge is -2.18. The van der Waals surface area contributed by atoms with E-state index in [4.69, 9.17) is 0 Å². The highest BCUT2D eigenvalue weighted by atomic mass is 32.2. The Morgan fingerprint density at radius 2 is 1.60 bits per heavy atom. The van der Waals surface area contributed by atoms with E-state index in [1.807, 2.05) is 11.8 Å². The van der Waals surface area contributed by atoms with Gasteiger partial charge in [0.1, 0.15) is 0 Å². The molecule has 64 valence electrons. The van der Waals surface area contributed by atoms with Gasteiger partial charge < -0.3 is 6.15 Å². The van der Waals surface area contributed by atoms with Crippen LogP contribution in [0.4, 0.5) is 0 Å². The van der Waals surface area contributed by atoms with E-state index in [-0.39, 0.29) is 6.15 Å². The van der Waals surface area contributed by atoms with Gasteiger partial charge in [-0.05, 0) is 11.7 Å². The van der Waals surface area contributed by atoms with Crippen molar-refractivity contribution in [2.45, 2.75) is 39.4 Å². The topological polar surface area (TPSA) is 35.0 Å². The Hall–Kier alpha value is 0.310. The fourth-order valence-corrected chi connectivity index (χ4v) is 1.25.